The fourth-order valence-corrected chi connectivity index (χ4v) is 4.13. The molecule has 0 aromatic heterocycles. The Morgan fingerprint density at radius 3 is 1.66 bits per heavy atom. The van der Waals surface area contributed by atoms with Gasteiger partial charge in [0.2, 0.25) is 0 Å². The zero-order chi connectivity index (χ0) is 24.9. The van der Waals surface area contributed by atoms with Crippen LogP contribution in [0.1, 0.15) is 16.7 Å². The molecule has 7 heteroatoms. The normalized spacial score (nSPS) is 14.2. The van der Waals surface area contributed by atoms with Crippen LogP contribution in [0.15, 0.2) is 104 Å². The Kier molecular flexibility index (Phi) is 10.7. The molecule has 3 aromatic rings. The second kappa shape index (κ2) is 13.9. The highest BCUT2D eigenvalue weighted by Gasteiger charge is 2.33. The lowest BCUT2D eigenvalue weighted by atomic mass is 10.1. The van der Waals surface area contributed by atoms with Crippen molar-refractivity contribution in [3.63, 3.8) is 0 Å². The predicted molar refractivity (Wildman–Crippen MR) is 136 cm³/mol. The second-order valence-electron chi connectivity index (χ2n) is 8.10. The van der Waals surface area contributed by atoms with Crippen molar-refractivity contribution in [3.05, 3.63) is 120 Å². The maximum absolute atomic E-state index is 12.1. The van der Waals surface area contributed by atoms with Gasteiger partial charge in [-0.2, -0.15) is 8.42 Å². The molecule has 0 saturated heterocycles. The molecule has 0 amide bonds. The van der Waals surface area contributed by atoms with Crippen LogP contribution in [0.4, 0.5) is 0 Å². The third-order valence-corrected chi connectivity index (χ3v) is 5.78. The lowest BCUT2D eigenvalue weighted by Crippen LogP contribution is -2.45. The summed E-state index contributed by atoms with van der Waals surface area (Å²) in [7, 11) is -3.81. The standard InChI is InChI=1S/C28H32O6S/c1-3-26(32-20-24-15-9-5-10-16-24)28(33-21-25-17-11-6-12-18-25)27(34-35(2,29)30)22-31-19-23-13-7-4-8-14-23/h3-18,26-28H,1,19-22H2,2H3/t26-,27+,28+/m0/s1. The van der Waals surface area contributed by atoms with Gasteiger partial charge in [0.1, 0.15) is 18.3 Å². The minimum absolute atomic E-state index is 0.0134. The molecule has 186 valence electrons. The molecule has 6 nitrogen and oxygen atoms in total. The number of hydrogen-bond donors (Lipinski definition) is 0. The molecular weight excluding hydrogens is 464 g/mol. The van der Waals surface area contributed by atoms with Gasteiger partial charge in [-0.3, -0.25) is 4.18 Å². The first kappa shape index (κ1) is 26.8. The zero-order valence-corrected chi connectivity index (χ0v) is 20.7. The monoisotopic (exact) mass is 496 g/mol. The van der Waals surface area contributed by atoms with Crippen molar-refractivity contribution in [2.24, 2.45) is 0 Å². The van der Waals surface area contributed by atoms with Gasteiger partial charge in [-0.25, -0.2) is 0 Å². The highest BCUT2D eigenvalue weighted by molar-refractivity contribution is 7.86. The average molecular weight is 497 g/mol. The molecule has 3 atom stereocenters. The smallest absolute Gasteiger partial charge is 0.264 e. The molecule has 0 aliphatic carbocycles. The quantitative estimate of drug-likeness (QED) is 0.220. The highest BCUT2D eigenvalue weighted by atomic mass is 32.2. The summed E-state index contributed by atoms with van der Waals surface area (Å²) in [5.41, 5.74) is 2.88. The maximum atomic E-state index is 12.1. The first-order chi connectivity index (χ1) is 16.9. The summed E-state index contributed by atoms with van der Waals surface area (Å²) in [6, 6.07) is 28.9. The number of rotatable bonds is 15. The van der Waals surface area contributed by atoms with E-state index in [2.05, 4.69) is 6.58 Å². The van der Waals surface area contributed by atoms with E-state index in [0.717, 1.165) is 22.9 Å². The SMILES string of the molecule is C=C[C@H](OCc1ccccc1)[C@@H](OCc1ccccc1)[C@@H](COCc1ccccc1)OS(C)(=O)=O. The van der Waals surface area contributed by atoms with Gasteiger partial charge in [0, 0.05) is 0 Å². The van der Waals surface area contributed by atoms with Crippen LogP contribution in [0.3, 0.4) is 0 Å². The molecule has 0 unspecified atom stereocenters. The van der Waals surface area contributed by atoms with E-state index in [9.17, 15) is 8.42 Å². The summed E-state index contributed by atoms with van der Waals surface area (Å²) in [6.07, 6.45) is 0.234. The van der Waals surface area contributed by atoms with Crippen molar-refractivity contribution in [2.45, 2.75) is 38.1 Å². The van der Waals surface area contributed by atoms with Crippen molar-refractivity contribution in [1.29, 1.82) is 0 Å². The van der Waals surface area contributed by atoms with Crippen LogP contribution in [0.2, 0.25) is 0 Å². The van der Waals surface area contributed by atoms with Gasteiger partial charge < -0.3 is 14.2 Å². The van der Waals surface area contributed by atoms with Gasteiger partial charge in [-0.15, -0.1) is 6.58 Å². The molecule has 0 saturated carbocycles. The third-order valence-electron chi connectivity index (χ3n) is 5.19. The molecular formula is C28H32O6S. The molecule has 0 aliphatic heterocycles. The van der Waals surface area contributed by atoms with Crippen molar-refractivity contribution in [1.82, 2.24) is 0 Å². The molecule has 0 heterocycles. The third kappa shape index (κ3) is 9.76. The van der Waals surface area contributed by atoms with E-state index in [-0.39, 0.29) is 13.2 Å². The van der Waals surface area contributed by atoms with E-state index in [4.69, 9.17) is 18.4 Å². The van der Waals surface area contributed by atoms with Gasteiger partial charge in [-0.1, -0.05) is 97.1 Å². The molecule has 0 spiro atoms. The van der Waals surface area contributed by atoms with Gasteiger partial charge in [0.15, 0.2) is 0 Å². The predicted octanol–water partition coefficient (Wildman–Crippen LogP) is 4.90. The van der Waals surface area contributed by atoms with E-state index < -0.39 is 28.4 Å². The summed E-state index contributed by atoms with van der Waals surface area (Å²) in [6.45, 7) is 4.74. The van der Waals surface area contributed by atoms with Crippen molar-refractivity contribution in [2.75, 3.05) is 12.9 Å². The summed E-state index contributed by atoms with van der Waals surface area (Å²) in [4.78, 5) is 0. The molecule has 0 fully saturated rings. The summed E-state index contributed by atoms with van der Waals surface area (Å²) < 4.78 is 47.9. The summed E-state index contributed by atoms with van der Waals surface area (Å²) in [5, 5.41) is 0. The van der Waals surface area contributed by atoms with Crippen LogP contribution in [0, 0.1) is 0 Å². The van der Waals surface area contributed by atoms with E-state index in [0.29, 0.717) is 13.2 Å². The molecule has 35 heavy (non-hydrogen) atoms. The highest BCUT2D eigenvalue weighted by Crippen LogP contribution is 2.20. The molecule has 0 radical (unpaired) electrons. The van der Waals surface area contributed by atoms with E-state index in [1.165, 1.54) is 0 Å². The second-order valence-corrected chi connectivity index (χ2v) is 9.70. The number of hydrogen-bond acceptors (Lipinski definition) is 6. The fourth-order valence-electron chi connectivity index (χ4n) is 3.51. The van der Waals surface area contributed by atoms with Gasteiger partial charge in [-0.05, 0) is 16.7 Å². The average Bonchev–Trinajstić information content (AvgIpc) is 2.86. The van der Waals surface area contributed by atoms with E-state index in [1.54, 1.807) is 6.08 Å². The van der Waals surface area contributed by atoms with E-state index in [1.807, 2.05) is 91.0 Å². The lowest BCUT2D eigenvalue weighted by Gasteiger charge is -2.31. The van der Waals surface area contributed by atoms with Crippen LogP contribution in [0.25, 0.3) is 0 Å². The minimum atomic E-state index is -3.81. The first-order valence-corrected chi connectivity index (χ1v) is 13.2. The summed E-state index contributed by atoms with van der Waals surface area (Å²) >= 11 is 0. The van der Waals surface area contributed by atoms with E-state index >= 15 is 0 Å². The van der Waals surface area contributed by atoms with Gasteiger partial charge in [0.05, 0.1) is 32.7 Å². The Morgan fingerprint density at radius 2 is 1.20 bits per heavy atom. The van der Waals surface area contributed by atoms with Crippen molar-refractivity contribution < 1.29 is 26.8 Å². The van der Waals surface area contributed by atoms with Crippen LogP contribution in [-0.4, -0.2) is 39.6 Å². The molecule has 3 rings (SSSR count). The lowest BCUT2D eigenvalue weighted by molar-refractivity contribution is -0.124. The van der Waals surface area contributed by atoms with Crippen LogP contribution >= 0.6 is 0 Å². The molecule has 3 aromatic carbocycles. The Labute approximate surface area is 208 Å². The molecule has 0 bridgehead atoms. The molecule has 0 N–H and O–H groups in total. The molecule has 0 aliphatic rings. The zero-order valence-electron chi connectivity index (χ0n) is 19.9. The Hall–Kier alpha value is -2.81. The topological polar surface area (TPSA) is 71.1 Å². The van der Waals surface area contributed by atoms with Gasteiger partial charge >= 0.3 is 0 Å². The fraction of sp³-hybridized carbons (Fsp3) is 0.286. The first-order valence-electron chi connectivity index (χ1n) is 11.4. The maximum Gasteiger partial charge on any atom is 0.264 e. The van der Waals surface area contributed by atoms with Gasteiger partial charge in [0.25, 0.3) is 10.1 Å². The van der Waals surface area contributed by atoms with Crippen molar-refractivity contribution in [3.8, 4) is 0 Å². The number of benzene rings is 3. The summed E-state index contributed by atoms with van der Waals surface area (Å²) in [5.74, 6) is 0. The van der Waals surface area contributed by atoms with Crippen LogP contribution < -0.4 is 0 Å². The van der Waals surface area contributed by atoms with Crippen molar-refractivity contribution >= 4 is 10.1 Å². The van der Waals surface area contributed by atoms with Crippen LogP contribution in [-0.2, 0) is 48.3 Å². The Bertz CT molecular complexity index is 1100. The van der Waals surface area contributed by atoms with Crippen LogP contribution in [0.5, 0.6) is 0 Å². The Balaban J connectivity index is 1.78. The minimum Gasteiger partial charge on any atom is -0.374 e. The number of ether oxygens (including phenoxy) is 3. The largest absolute Gasteiger partial charge is 0.374 e. The Morgan fingerprint density at radius 1 is 0.743 bits per heavy atom.